The van der Waals surface area contributed by atoms with E-state index in [4.69, 9.17) is 0 Å². The van der Waals surface area contributed by atoms with Crippen LogP contribution in [0, 0.1) is 23.4 Å². The van der Waals surface area contributed by atoms with Crippen molar-refractivity contribution in [3.8, 4) is 0 Å². The molecule has 0 aliphatic carbocycles. The van der Waals surface area contributed by atoms with Gasteiger partial charge in [-0.2, -0.15) is 0 Å². The van der Waals surface area contributed by atoms with Crippen molar-refractivity contribution in [3.05, 3.63) is 35.1 Å². The first-order valence-electron chi connectivity index (χ1n) is 6.21. The molecule has 1 atom stereocenters. The molecule has 0 aromatic heterocycles. The molecule has 0 saturated heterocycles. The Balaban J connectivity index is 2.98. The second-order valence-corrected chi connectivity index (χ2v) is 6.92. The highest BCUT2D eigenvalue weighted by atomic mass is 32.2. The van der Waals surface area contributed by atoms with Crippen molar-refractivity contribution in [3.63, 3.8) is 0 Å². The minimum atomic E-state index is -3.35. The Kier molecular flexibility index (Phi) is 5.59. The molecule has 0 amide bonds. The molecule has 0 fully saturated rings. The van der Waals surface area contributed by atoms with E-state index in [1.165, 1.54) is 0 Å². The SMILES string of the molecule is CC(C)[C@H](CCNS(C)(=O)=O)c1c(F)cc(F)cc1F. The highest BCUT2D eigenvalue weighted by molar-refractivity contribution is 7.88. The summed E-state index contributed by atoms with van der Waals surface area (Å²) in [5.74, 6) is -3.52. The number of hydrogen-bond donors (Lipinski definition) is 1. The first kappa shape index (κ1) is 17.0. The van der Waals surface area contributed by atoms with Gasteiger partial charge in [-0.05, 0) is 18.3 Å². The van der Waals surface area contributed by atoms with Crippen molar-refractivity contribution in [2.24, 2.45) is 5.92 Å². The fourth-order valence-corrected chi connectivity index (χ4v) is 2.61. The van der Waals surface area contributed by atoms with Crippen molar-refractivity contribution < 1.29 is 21.6 Å². The van der Waals surface area contributed by atoms with Gasteiger partial charge in [0.25, 0.3) is 0 Å². The molecular weight excluding hydrogens is 291 g/mol. The van der Waals surface area contributed by atoms with Gasteiger partial charge < -0.3 is 0 Å². The Morgan fingerprint density at radius 2 is 1.65 bits per heavy atom. The summed E-state index contributed by atoms with van der Waals surface area (Å²) in [6, 6.07) is 1.27. The van der Waals surface area contributed by atoms with Gasteiger partial charge in [-0.15, -0.1) is 0 Å². The Labute approximate surface area is 117 Å². The summed E-state index contributed by atoms with van der Waals surface area (Å²) in [6.45, 7) is 3.61. The van der Waals surface area contributed by atoms with Crippen LogP contribution in [0.25, 0.3) is 0 Å². The van der Waals surface area contributed by atoms with Crippen LogP contribution in [-0.2, 0) is 10.0 Å². The second kappa shape index (κ2) is 6.58. The Hall–Kier alpha value is -1.08. The Bertz CT molecular complexity index is 550. The zero-order valence-corrected chi connectivity index (χ0v) is 12.4. The maximum atomic E-state index is 13.8. The van der Waals surface area contributed by atoms with Gasteiger partial charge in [-0.1, -0.05) is 13.8 Å². The molecule has 0 radical (unpaired) electrons. The van der Waals surface area contributed by atoms with Crippen LogP contribution in [0.1, 0.15) is 31.7 Å². The van der Waals surface area contributed by atoms with Gasteiger partial charge in [-0.3, -0.25) is 0 Å². The van der Waals surface area contributed by atoms with Crippen molar-refractivity contribution in [2.45, 2.75) is 26.2 Å². The topological polar surface area (TPSA) is 46.2 Å². The van der Waals surface area contributed by atoms with Crippen LogP contribution < -0.4 is 4.72 Å². The van der Waals surface area contributed by atoms with E-state index >= 15 is 0 Å². The molecule has 20 heavy (non-hydrogen) atoms. The summed E-state index contributed by atoms with van der Waals surface area (Å²) in [7, 11) is -3.35. The van der Waals surface area contributed by atoms with Crippen LogP contribution in [0.5, 0.6) is 0 Å². The molecule has 0 bridgehead atoms. The lowest BCUT2D eigenvalue weighted by atomic mass is 9.85. The standard InChI is InChI=1S/C13H18F3NO2S/c1-8(2)10(4-5-17-20(3,18)19)13-11(15)6-9(14)7-12(13)16/h6-8,10,17H,4-5H2,1-3H3/t10-/m0/s1. The molecule has 0 saturated carbocycles. The van der Waals surface area contributed by atoms with E-state index in [0.29, 0.717) is 12.1 Å². The van der Waals surface area contributed by atoms with Gasteiger partial charge in [0.1, 0.15) is 17.5 Å². The van der Waals surface area contributed by atoms with E-state index in [9.17, 15) is 21.6 Å². The molecule has 114 valence electrons. The van der Waals surface area contributed by atoms with Crippen molar-refractivity contribution in [1.82, 2.24) is 4.72 Å². The van der Waals surface area contributed by atoms with Gasteiger partial charge in [0.05, 0.1) is 6.26 Å². The summed E-state index contributed by atoms with van der Waals surface area (Å²) >= 11 is 0. The van der Waals surface area contributed by atoms with Gasteiger partial charge in [0.2, 0.25) is 10.0 Å². The van der Waals surface area contributed by atoms with Crippen LogP contribution in [0.3, 0.4) is 0 Å². The number of benzene rings is 1. The summed E-state index contributed by atoms with van der Waals surface area (Å²) in [4.78, 5) is 0. The minimum absolute atomic E-state index is 0.0674. The third-order valence-corrected chi connectivity index (χ3v) is 3.77. The molecule has 3 nitrogen and oxygen atoms in total. The predicted octanol–water partition coefficient (Wildman–Crippen LogP) is 2.78. The van der Waals surface area contributed by atoms with Crippen LogP contribution in [0.4, 0.5) is 13.2 Å². The molecule has 1 aromatic rings. The maximum absolute atomic E-state index is 13.8. The van der Waals surface area contributed by atoms with Gasteiger partial charge in [0.15, 0.2) is 0 Å². The van der Waals surface area contributed by atoms with Gasteiger partial charge in [0, 0.05) is 24.2 Å². The summed E-state index contributed by atoms with van der Waals surface area (Å²) in [6.07, 6.45) is 1.24. The van der Waals surface area contributed by atoms with Crippen molar-refractivity contribution >= 4 is 10.0 Å². The molecule has 0 aliphatic heterocycles. The first-order chi connectivity index (χ1) is 9.11. The maximum Gasteiger partial charge on any atom is 0.208 e. The van der Waals surface area contributed by atoms with Crippen LogP contribution in [0.15, 0.2) is 12.1 Å². The summed E-state index contributed by atoms with van der Waals surface area (Å²) < 4.78 is 64.7. The normalized spacial score (nSPS) is 13.8. The zero-order valence-electron chi connectivity index (χ0n) is 11.6. The van der Waals surface area contributed by atoms with Crippen LogP contribution in [0.2, 0.25) is 0 Å². The number of rotatable bonds is 6. The molecule has 0 heterocycles. The number of nitrogens with one attached hydrogen (secondary N) is 1. The quantitative estimate of drug-likeness (QED) is 0.878. The minimum Gasteiger partial charge on any atom is -0.215 e. The third-order valence-electron chi connectivity index (χ3n) is 3.04. The molecule has 0 aliphatic rings. The number of halogens is 3. The largest absolute Gasteiger partial charge is 0.215 e. The van der Waals surface area contributed by atoms with E-state index in [-0.39, 0.29) is 24.4 Å². The summed E-state index contributed by atoms with van der Waals surface area (Å²) in [5.41, 5.74) is -0.197. The molecule has 7 heteroatoms. The fraction of sp³-hybridized carbons (Fsp3) is 0.538. The van der Waals surface area contributed by atoms with Gasteiger partial charge in [-0.25, -0.2) is 26.3 Å². The molecule has 0 spiro atoms. The zero-order chi connectivity index (χ0) is 15.5. The molecule has 1 aromatic carbocycles. The van der Waals surface area contributed by atoms with E-state index in [2.05, 4.69) is 4.72 Å². The monoisotopic (exact) mass is 309 g/mol. The molecule has 0 unspecified atom stereocenters. The predicted molar refractivity (Wildman–Crippen MR) is 71.4 cm³/mol. The number of sulfonamides is 1. The summed E-state index contributed by atoms with van der Waals surface area (Å²) in [5, 5.41) is 0. The van der Waals surface area contributed by atoms with Crippen molar-refractivity contribution in [1.29, 1.82) is 0 Å². The van der Waals surface area contributed by atoms with E-state index in [1.807, 2.05) is 0 Å². The molecule has 1 rings (SSSR count). The lowest BCUT2D eigenvalue weighted by Crippen LogP contribution is -2.26. The van der Waals surface area contributed by atoms with E-state index in [1.54, 1.807) is 13.8 Å². The Morgan fingerprint density at radius 3 is 2.05 bits per heavy atom. The average molecular weight is 309 g/mol. The molecular formula is C13H18F3NO2S. The van der Waals surface area contributed by atoms with Crippen LogP contribution >= 0.6 is 0 Å². The second-order valence-electron chi connectivity index (χ2n) is 5.09. The fourth-order valence-electron chi connectivity index (χ4n) is 2.12. The lowest BCUT2D eigenvalue weighted by Gasteiger charge is -2.22. The first-order valence-corrected chi connectivity index (χ1v) is 8.10. The Morgan fingerprint density at radius 1 is 1.15 bits per heavy atom. The number of hydrogen-bond acceptors (Lipinski definition) is 2. The third kappa shape index (κ3) is 4.79. The van der Waals surface area contributed by atoms with E-state index < -0.39 is 33.4 Å². The average Bonchev–Trinajstić information content (AvgIpc) is 2.23. The molecule has 1 N–H and O–H groups in total. The van der Waals surface area contributed by atoms with Crippen LogP contribution in [-0.4, -0.2) is 21.2 Å². The van der Waals surface area contributed by atoms with Crippen molar-refractivity contribution in [2.75, 3.05) is 12.8 Å². The highest BCUT2D eigenvalue weighted by Crippen LogP contribution is 2.32. The van der Waals surface area contributed by atoms with Gasteiger partial charge >= 0.3 is 0 Å². The lowest BCUT2D eigenvalue weighted by molar-refractivity contribution is 0.418. The van der Waals surface area contributed by atoms with E-state index in [0.717, 1.165) is 6.26 Å². The highest BCUT2D eigenvalue weighted by Gasteiger charge is 2.24. The smallest absolute Gasteiger partial charge is 0.208 e.